The van der Waals surface area contributed by atoms with Crippen LogP contribution in [-0.4, -0.2) is 55.0 Å². The van der Waals surface area contributed by atoms with Crippen molar-refractivity contribution in [2.24, 2.45) is 0 Å². The molecule has 1 aromatic carbocycles. The summed E-state index contributed by atoms with van der Waals surface area (Å²) in [5.74, 6) is -1.62. The van der Waals surface area contributed by atoms with Crippen molar-refractivity contribution in [1.29, 1.82) is 0 Å². The number of ether oxygens (including phenoxy) is 1. The van der Waals surface area contributed by atoms with E-state index in [2.05, 4.69) is 35.6 Å². The number of nitrogens with zero attached hydrogens (tertiary/aromatic N) is 2. The maximum absolute atomic E-state index is 14.4. The van der Waals surface area contributed by atoms with Crippen LogP contribution in [0.1, 0.15) is 28.8 Å². The molecule has 9 heteroatoms. The zero-order chi connectivity index (χ0) is 20.6. The van der Waals surface area contributed by atoms with Gasteiger partial charge in [-0.15, -0.1) is 0 Å². The van der Waals surface area contributed by atoms with Crippen LogP contribution in [0.25, 0.3) is 0 Å². The summed E-state index contributed by atoms with van der Waals surface area (Å²) in [7, 11) is -1.27. The molecule has 1 atom stereocenters. The number of piperidine rings is 1. The molecule has 1 aromatic rings. The Balaban J connectivity index is 1.70. The van der Waals surface area contributed by atoms with Crippen molar-refractivity contribution in [2.45, 2.75) is 51.1 Å². The van der Waals surface area contributed by atoms with Gasteiger partial charge in [-0.3, -0.25) is 19.3 Å². The third-order valence-corrected chi connectivity index (χ3v) is 7.41. The quantitative estimate of drug-likeness (QED) is 0.363. The van der Waals surface area contributed by atoms with Crippen molar-refractivity contribution in [3.8, 4) is 0 Å². The summed E-state index contributed by atoms with van der Waals surface area (Å²) < 4.78 is 20.2. The van der Waals surface area contributed by atoms with Crippen LogP contribution in [0.5, 0.6) is 0 Å². The van der Waals surface area contributed by atoms with Crippen LogP contribution < -0.4 is 0 Å². The number of rotatable bonds is 6. The third-order valence-electron chi connectivity index (χ3n) is 5.09. The van der Waals surface area contributed by atoms with Crippen LogP contribution >= 0.6 is 15.9 Å². The van der Waals surface area contributed by atoms with Crippen molar-refractivity contribution in [2.75, 3.05) is 13.3 Å². The number of benzene rings is 1. The largest absolute Gasteiger partial charge is 0.361 e. The number of hydrogen-bond acceptors (Lipinski definition) is 4. The van der Waals surface area contributed by atoms with Crippen molar-refractivity contribution in [3.05, 3.63) is 33.5 Å². The van der Waals surface area contributed by atoms with Crippen LogP contribution in [0.3, 0.4) is 0 Å². The Morgan fingerprint density at radius 1 is 1.25 bits per heavy atom. The number of carbonyl (C=O) groups excluding carboxylic acids is 3. The average molecular weight is 471 g/mol. The number of halogens is 2. The highest BCUT2D eigenvalue weighted by atomic mass is 79.9. The standard InChI is InChI=1S/C19H24BrFN2O4Si/c1-28(2,3)9-8-27-11-23-16(24)7-6-15(19(23)26)22-10-13-12(18(22)25)4-5-14(20)17(13)21/h4-5,15H,6-11H2,1-3H3. The Labute approximate surface area is 173 Å². The van der Waals surface area contributed by atoms with E-state index in [1.807, 2.05) is 0 Å². The fourth-order valence-corrected chi connectivity index (χ4v) is 4.50. The molecule has 0 spiro atoms. The monoisotopic (exact) mass is 470 g/mol. The lowest BCUT2D eigenvalue weighted by molar-refractivity contribution is -0.158. The Morgan fingerprint density at radius 3 is 2.64 bits per heavy atom. The minimum absolute atomic E-state index is 0.0222. The molecule has 0 aromatic heterocycles. The Morgan fingerprint density at radius 2 is 1.96 bits per heavy atom. The number of hydrogen-bond donors (Lipinski definition) is 0. The van der Waals surface area contributed by atoms with Gasteiger partial charge in [0.2, 0.25) is 5.91 Å². The smallest absolute Gasteiger partial charge is 0.255 e. The maximum Gasteiger partial charge on any atom is 0.255 e. The van der Waals surface area contributed by atoms with E-state index in [1.54, 1.807) is 6.07 Å². The fraction of sp³-hybridized carbons (Fsp3) is 0.526. The Kier molecular flexibility index (Phi) is 6.07. The minimum atomic E-state index is -1.27. The van der Waals surface area contributed by atoms with Crippen LogP contribution in [-0.2, 0) is 20.9 Å². The van der Waals surface area contributed by atoms with E-state index in [9.17, 15) is 18.8 Å². The predicted molar refractivity (Wildman–Crippen MR) is 108 cm³/mol. The molecule has 152 valence electrons. The SMILES string of the molecule is C[Si](C)(C)CCOCN1C(=O)CCC(N2Cc3c(ccc(Br)c3F)C2=O)C1=O. The summed E-state index contributed by atoms with van der Waals surface area (Å²) in [5.41, 5.74) is 0.547. The summed E-state index contributed by atoms with van der Waals surface area (Å²) >= 11 is 3.12. The summed E-state index contributed by atoms with van der Waals surface area (Å²) in [5, 5.41) is 0. The van der Waals surface area contributed by atoms with Gasteiger partial charge < -0.3 is 9.64 Å². The van der Waals surface area contributed by atoms with Crippen LogP contribution in [0.15, 0.2) is 16.6 Å². The first-order valence-electron chi connectivity index (χ1n) is 9.30. The van der Waals surface area contributed by atoms with Crippen molar-refractivity contribution < 1.29 is 23.5 Å². The first kappa shape index (κ1) is 21.1. The van der Waals surface area contributed by atoms with E-state index in [-0.39, 0.29) is 53.5 Å². The third kappa shape index (κ3) is 4.21. The summed E-state index contributed by atoms with van der Waals surface area (Å²) in [4.78, 5) is 40.3. The number of fused-ring (bicyclic) bond motifs is 1. The van der Waals surface area contributed by atoms with Crippen LogP contribution in [0, 0.1) is 5.82 Å². The van der Waals surface area contributed by atoms with E-state index in [4.69, 9.17) is 4.74 Å². The first-order valence-corrected chi connectivity index (χ1v) is 13.8. The maximum atomic E-state index is 14.4. The summed E-state index contributed by atoms with van der Waals surface area (Å²) in [6, 6.07) is 3.19. The van der Waals surface area contributed by atoms with Crippen molar-refractivity contribution in [1.82, 2.24) is 9.80 Å². The molecule has 0 radical (unpaired) electrons. The number of carbonyl (C=O) groups is 3. The fourth-order valence-electron chi connectivity index (χ4n) is 3.38. The molecule has 1 saturated heterocycles. The molecule has 0 aliphatic carbocycles. The lowest BCUT2D eigenvalue weighted by Crippen LogP contribution is -2.55. The predicted octanol–water partition coefficient (Wildman–Crippen LogP) is 3.37. The molecule has 2 aliphatic rings. The molecule has 1 fully saturated rings. The summed E-state index contributed by atoms with van der Waals surface area (Å²) in [6.45, 7) is 7.07. The van der Waals surface area contributed by atoms with Gasteiger partial charge in [-0.2, -0.15) is 0 Å². The van der Waals surface area contributed by atoms with Crippen molar-refractivity contribution in [3.63, 3.8) is 0 Å². The summed E-state index contributed by atoms with van der Waals surface area (Å²) in [6.07, 6.45) is 0.395. The van der Waals surface area contributed by atoms with Gasteiger partial charge in [0.1, 0.15) is 18.6 Å². The molecule has 28 heavy (non-hydrogen) atoms. The Bertz CT molecular complexity index is 827. The van der Waals surface area contributed by atoms with Gasteiger partial charge in [0.25, 0.3) is 11.8 Å². The van der Waals surface area contributed by atoms with Gasteiger partial charge in [0, 0.05) is 32.2 Å². The molecule has 0 bridgehead atoms. The second kappa shape index (κ2) is 8.04. The number of imide groups is 1. The molecular formula is C19H24BrFN2O4Si. The molecule has 2 aliphatic heterocycles. The zero-order valence-electron chi connectivity index (χ0n) is 16.3. The highest BCUT2D eigenvalue weighted by Gasteiger charge is 2.43. The van der Waals surface area contributed by atoms with E-state index >= 15 is 0 Å². The molecule has 0 N–H and O–H groups in total. The lowest BCUT2D eigenvalue weighted by atomic mass is 10.0. The van der Waals surface area contributed by atoms with E-state index < -0.39 is 25.8 Å². The second-order valence-corrected chi connectivity index (χ2v) is 14.9. The normalized spacial score (nSPS) is 20.2. The average Bonchev–Trinajstić information content (AvgIpc) is 2.94. The van der Waals surface area contributed by atoms with E-state index in [0.29, 0.717) is 6.61 Å². The lowest BCUT2D eigenvalue weighted by Gasteiger charge is -2.35. The molecule has 2 heterocycles. The molecule has 0 saturated carbocycles. The minimum Gasteiger partial charge on any atom is -0.361 e. The highest BCUT2D eigenvalue weighted by Crippen LogP contribution is 2.33. The topological polar surface area (TPSA) is 66.9 Å². The van der Waals surface area contributed by atoms with Crippen LogP contribution in [0.2, 0.25) is 25.7 Å². The highest BCUT2D eigenvalue weighted by molar-refractivity contribution is 9.10. The van der Waals surface area contributed by atoms with Crippen LogP contribution in [0.4, 0.5) is 4.39 Å². The van der Waals surface area contributed by atoms with Gasteiger partial charge in [0.15, 0.2) is 0 Å². The number of amides is 3. The first-order chi connectivity index (χ1) is 13.1. The van der Waals surface area contributed by atoms with Gasteiger partial charge in [-0.25, -0.2) is 4.39 Å². The van der Waals surface area contributed by atoms with Gasteiger partial charge in [0.05, 0.1) is 11.0 Å². The Hall–Kier alpha value is -1.58. The van der Waals surface area contributed by atoms with Crippen molar-refractivity contribution >= 4 is 41.7 Å². The van der Waals surface area contributed by atoms with Gasteiger partial charge >= 0.3 is 0 Å². The second-order valence-electron chi connectivity index (χ2n) is 8.38. The van der Waals surface area contributed by atoms with E-state index in [0.717, 1.165) is 10.9 Å². The zero-order valence-corrected chi connectivity index (χ0v) is 18.8. The molecule has 3 amide bonds. The molecule has 6 nitrogen and oxygen atoms in total. The molecular weight excluding hydrogens is 447 g/mol. The molecule has 1 unspecified atom stereocenters. The molecule has 3 rings (SSSR count). The van der Waals surface area contributed by atoms with Gasteiger partial charge in [-0.1, -0.05) is 19.6 Å². The van der Waals surface area contributed by atoms with Gasteiger partial charge in [-0.05, 0) is 40.5 Å². The number of likely N-dealkylation sites (tertiary alicyclic amines) is 1. The van der Waals surface area contributed by atoms with E-state index in [1.165, 1.54) is 11.0 Å².